The molecule has 20 heavy (non-hydrogen) atoms. The maximum atomic E-state index is 14.1. The zero-order chi connectivity index (χ0) is 14.2. The molecule has 1 radical (unpaired) electrons. The molecule has 2 saturated heterocycles. The van der Waals surface area contributed by atoms with Crippen LogP contribution in [0.3, 0.4) is 0 Å². The van der Waals surface area contributed by atoms with E-state index < -0.39 is 25.7 Å². The molecule has 2 heterocycles. The third-order valence-corrected chi connectivity index (χ3v) is 4.63. The average Bonchev–Trinajstić information content (AvgIpc) is 2.73. The zero-order valence-electron chi connectivity index (χ0n) is 10.9. The van der Waals surface area contributed by atoms with Crippen LogP contribution in [0.15, 0.2) is 30.3 Å². The van der Waals surface area contributed by atoms with E-state index in [1.54, 1.807) is 0 Å². The van der Waals surface area contributed by atoms with E-state index in [1.165, 1.54) is 6.92 Å². The Morgan fingerprint density at radius 3 is 2.95 bits per heavy atom. The van der Waals surface area contributed by atoms with Crippen LogP contribution in [0.2, 0.25) is 0 Å². The van der Waals surface area contributed by atoms with Crippen molar-refractivity contribution >= 4 is 7.82 Å². The Hall–Kier alpha value is -0.780. The van der Waals surface area contributed by atoms with Crippen molar-refractivity contribution in [3.63, 3.8) is 0 Å². The van der Waals surface area contributed by atoms with E-state index in [9.17, 15) is 8.96 Å². The minimum absolute atomic E-state index is 0.0211. The molecule has 7 heteroatoms. The highest BCUT2D eigenvalue weighted by Crippen LogP contribution is 2.58. The van der Waals surface area contributed by atoms with E-state index in [0.717, 1.165) is 12.2 Å². The fraction of sp³-hybridized carbons (Fsp3) is 0.462. The molecular formula is C13H15FO5P. The van der Waals surface area contributed by atoms with E-state index in [-0.39, 0.29) is 13.2 Å². The minimum atomic E-state index is -3.77. The van der Waals surface area contributed by atoms with Gasteiger partial charge in [0.15, 0.2) is 5.67 Å². The lowest BCUT2D eigenvalue weighted by Gasteiger charge is -2.33. The van der Waals surface area contributed by atoms with Crippen molar-refractivity contribution in [3.05, 3.63) is 42.5 Å². The van der Waals surface area contributed by atoms with Crippen LogP contribution < -0.4 is 0 Å². The number of hydrogen-bond acceptors (Lipinski definition) is 5. The highest BCUT2D eigenvalue weighted by Gasteiger charge is 2.56. The van der Waals surface area contributed by atoms with E-state index >= 15 is 0 Å². The van der Waals surface area contributed by atoms with Crippen LogP contribution in [-0.4, -0.2) is 24.5 Å². The number of phosphoric ester groups is 1. The molecule has 3 rings (SSSR count). The lowest BCUT2D eigenvalue weighted by molar-refractivity contribution is -0.0593. The summed E-state index contributed by atoms with van der Waals surface area (Å²) in [6, 6.07) is 9.19. The summed E-state index contributed by atoms with van der Waals surface area (Å²) in [5, 5.41) is 0. The van der Waals surface area contributed by atoms with Crippen molar-refractivity contribution < 1.29 is 27.3 Å². The monoisotopic (exact) mass is 301 g/mol. The number of benzene rings is 1. The first-order valence-corrected chi connectivity index (χ1v) is 7.75. The van der Waals surface area contributed by atoms with Gasteiger partial charge in [0, 0.05) is 0 Å². The van der Waals surface area contributed by atoms with E-state index in [0.29, 0.717) is 0 Å². The number of hydrogen-bond donors (Lipinski definition) is 0. The Morgan fingerprint density at radius 2 is 2.20 bits per heavy atom. The quantitative estimate of drug-likeness (QED) is 0.803. The number of fused-ring (bicyclic) bond motifs is 1. The van der Waals surface area contributed by atoms with Gasteiger partial charge in [-0.25, -0.2) is 8.96 Å². The summed E-state index contributed by atoms with van der Waals surface area (Å²) in [6.07, 6.45) is -1.56. The molecule has 5 nitrogen and oxygen atoms in total. The molecule has 2 fully saturated rings. The highest BCUT2D eigenvalue weighted by atomic mass is 31.2. The maximum absolute atomic E-state index is 14.1. The Kier molecular flexibility index (Phi) is 3.69. The summed E-state index contributed by atoms with van der Waals surface area (Å²) in [6.45, 7) is 2.42. The Bertz CT molecular complexity index is 521. The van der Waals surface area contributed by atoms with E-state index in [1.807, 2.05) is 30.3 Å². The van der Waals surface area contributed by atoms with Gasteiger partial charge in [-0.1, -0.05) is 30.3 Å². The lowest BCUT2D eigenvalue weighted by atomic mass is 10.0. The van der Waals surface area contributed by atoms with Crippen molar-refractivity contribution in [2.24, 2.45) is 0 Å². The number of rotatable bonds is 3. The molecule has 0 spiro atoms. The smallest absolute Gasteiger partial charge is 0.363 e. The van der Waals surface area contributed by atoms with Crippen LogP contribution in [0, 0.1) is 6.61 Å². The molecule has 0 saturated carbocycles. The second-order valence-electron chi connectivity index (χ2n) is 4.97. The highest BCUT2D eigenvalue weighted by molar-refractivity contribution is 7.48. The van der Waals surface area contributed by atoms with E-state index in [2.05, 4.69) is 0 Å². The zero-order valence-corrected chi connectivity index (χ0v) is 11.8. The van der Waals surface area contributed by atoms with Gasteiger partial charge < -0.3 is 4.74 Å². The summed E-state index contributed by atoms with van der Waals surface area (Å²) in [4.78, 5) is 0. The van der Waals surface area contributed by atoms with Crippen LogP contribution in [0.4, 0.5) is 4.39 Å². The van der Waals surface area contributed by atoms with Gasteiger partial charge in [-0.15, -0.1) is 0 Å². The molecule has 0 unspecified atom stereocenters. The standard InChI is InChI=1S/C13H15FO5P/c1-13(14)9-16-11-8-18-20(15,19-12(11)13)17-7-10-5-3-2-4-6-10/h2-6,9,11-12H,7-8H2,1H3/t11-,12-,13-,20-/m1/s1. The van der Waals surface area contributed by atoms with Crippen molar-refractivity contribution in [2.45, 2.75) is 31.4 Å². The van der Waals surface area contributed by atoms with Crippen LogP contribution in [0.1, 0.15) is 12.5 Å². The van der Waals surface area contributed by atoms with Gasteiger partial charge in [0.2, 0.25) is 0 Å². The average molecular weight is 301 g/mol. The molecule has 2 aliphatic heterocycles. The largest absolute Gasteiger partial charge is 0.475 e. The van der Waals surface area contributed by atoms with Crippen LogP contribution in [-0.2, 0) is 29.5 Å². The Morgan fingerprint density at radius 1 is 1.45 bits per heavy atom. The summed E-state index contributed by atoms with van der Waals surface area (Å²) in [5.41, 5.74) is -0.977. The minimum Gasteiger partial charge on any atom is -0.363 e. The summed E-state index contributed by atoms with van der Waals surface area (Å²) in [7, 11) is -3.77. The van der Waals surface area contributed by atoms with Gasteiger partial charge in [0.05, 0.1) is 13.2 Å². The van der Waals surface area contributed by atoms with Gasteiger partial charge in [-0.2, -0.15) is 0 Å². The normalized spacial score (nSPS) is 40.5. The predicted octanol–water partition coefficient (Wildman–Crippen LogP) is 3.02. The van der Waals surface area contributed by atoms with Crippen molar-refractivity contribution in [1.82, 2.24) is 0 Å². The molecule has 0 bridgehead atoms. The molecular weight excluding hydrogens is 286 g/mol. The first kappa shape index (κ1) is 14.2. The molecule has 0 amide bonds. The molecule has 4 atom stereocenters. The maximum Gasteiger partial charge on any atom is 0.475 e. The fourth-order valence-electron chi connectivity index (χ4n) is 2.15. The molecule has 1 aromatic carbocycles. The Balaban J connectivity index is 1.66. The molecule has 2 aliphatic rings. The molecule has 1 aromatic rings. The fourth-order valence-corrected chi connectivity index (χ4v) is 3.60. The third kappa shape index (κ3) is 2.80. The molecule has 0 aliphatic carbocycles. The number of phosphoric acid groups is 1. The van der Waals surface area contributed by atoms with E-state index in [4.69, 9.17) is 18.3 Å². The third-order valence-electron chi connectivity index (χ3n) is 3.24. The summed E-state index contributed by atoms with van der Waals surface area (Å²) >= 11 is 0. The first-order chi connectivity index (χ1) is 9.49. The van der Waals surface area contributed by atoms with Gasteiger partial charge in [-0.05, 0) is 12.5 Å². The second-order valence-corrected chi connectivity index (χ2v) is 6.59. The number of alkyl halides is 1. The van der Waals surface area contributed by atoms with Crippen LogP contribution >= 0.6 is 7.82 Å². The van der Waals surface area contributed by atoms with Gasteiger partial charge in [0.25, 0.3) is 0 Å². The molecule has 0 aromatic heterocycles. The van der Waals surface area contributed by atoms with Crippen molar-refractivity contribution in [2.75, 3.05) is 6.61 Å². The number of halogens is 1. The first-order valence-electron chi connectivity index (χ1n) is 6.29. The second kappa shape index (κ2) is 5.20. The summed E-state index contributed by atoms with van der Waals surface area (Å²) in [5.74, 6) is 0. The van der Waals surface area contributed by atoms with Crippen LogP contribution in [0.25, 0.3) is 0 Å². The SMILES string of the molecule is C[C@@]1(F)[CH]O[C@@H]2CO[P@@](=O)(OCc3ccccc3)O[C@H]21. The topological polar surface area (TPSA) is 54.0 Å². The molecule has 0 N–H and O–H groups in total. The van der Waals surface area contributed by atoms with Crippen LogP contribution in [0.5, 0.6) is 0 Å². The van der Waals surface area contributed by atoms with Gasteiger partial charge in [0.1, 0.15) is 18.8 Å². The summed E-state index contributed by atoms with van der Waals surface area (Å²) < 4.78 is 47.1. The number of ether oxygens (including phenoxy) is 1. The van der Waals surface area contributed by atoms with Crippen molar-refractivity contribution in [3.8, 4) is 0 Å². The van der Waals surface area contributed by atoms with Crippen molar-refractivity contribution in [1.29, 1.82) is 0 Å². The predicted molar refractivity (Wildman–Crippen MR) is 68.3 cm³/mol. The van der Waals surface area contributed by atoms with Gasteiger partial charge >= 0.3 is 7.82 Å². The van der Waals surface area contributed by atoms with Gasteiger partial charge in [-0.3, -0.25) is 13.6 Å². The lowest BCUT2D eigenvalue weighted by Crippen LogP contribution is -2.43. The Labute approximate surface area is 116 Å². The molecule has 109 valence electrons.